The summed E-state index contributed by atoms with van der Waals surface area (Å²) in [6.07, 6.45) is 0. The molecule has 8 heteroatoms. The summed E-state index contributed by atoms with van der Waals surface area (Å²) in [7, 11) is 0. The van der Waals surface area contributed by atoms with Gasteiger partial charge in [-0.25, -0.2) is 13.5 Å². The number of aromatic nitrogens is 4. The zero-order valence-corrected chi connectivity index (χ0v) is 8.34. The molecule has 0 radical (unpaired) electrons. The van der Waals surface area contributed by atoms with Gasteiger partial charge in [-0.15, -0.1) is 5.10 Å². The third-order valence-corrected chi connectivity index (χ3v) is 1.99. The topological polar surface area (TPSA) is 80.9 Å². The molecule has 0 bridgehead atoms. The second-order valence-electron chi connectivity index (χ2n) is 3.18. The lowest BCUT2D eigenvalue weighted by Gasteiger charge is -2.02. The largest absolute Gasteiger partial charge is 0.480 e. The Kier molecular flexibility index (Phi) is 2.77. The van der Waals surface area contributed by atoms with Crippen molar-refractivity contribution in [3.63, 3.8) is 0 Å². The molecule has 0 aliphatic carbocycles. The van der Waals surface area contributed by atoms with Gasteiger partial charge in [-0.1, -0.05) is 0 Å². The van der Waals surface area contributed by atoms with Crippen LogP contribution >= 0.6 is 0 Å². The van der Waals surface area contributed by atoms with Crippen LogP contribution in [-0.4, -0.2) is 31.3 Å². The SMILES string of the molecule is O=C(O)Cn1nnnc1-c1ccc(F)c(F)c1. The smallest absolute Gasteiger partial charge is 0.325 e. The highest BCUT2D eigenvalue weighted by Gasteiger charge is 2.13. The predicted octanol–water partition coefficient (Wildman–Crippen LogP) is 0.703. The lowest BCUT2D eigenvalue weighted by Crippen LogP contribution is -2.11. The number of carboxylic acids is 1. The normalized spacial score (nSPS) is 10.5. The summed E-state index contributed by atoms with van der Waals surface area (Å²) in [5, 5.41) is 18.9. The van der Waals surface area contributed by atoms with Crippen LogP contribution in [0.3, 0.4) is 0 Å². The minimum absolute atomic E-state index is 0.0614. The average Bonchev–Trinajstić information content (AvgIpc) is 2.69. The van der Waals surface area contributed by atoms with Crippen molar-refractivity contribution < 1.29 is 18.7 Å². The summed E-state index contributed by atoms with van der Waals surface area (Å²) < 4.78 is 26.7. The summed E-state index contributed by atoms with van der Waals surface area (Å²) >= 11 is 0. The third-order valence-electron chi connectivity index (χ3n) is 1.99. The highest BCUT2D eigenvalue weighted by molar-refractivity contribution is 5.67. The van der Waals surface area contributed by atoms with Gasteiger partial charge < -0.3 is 5.11 Å². The van der Waals surface area contributed by atoms with Crippen LogP contribution in [0.15, 0.2) is 18.2 Å². The van der Waals surface area contributed by atoms with Gasteiger partial charge in [-0.05, 0) is 28.6 Å². The van der Waals surface area contributed by atoms with Crippen LogP contribution in [0.5, 0.6) is 0 Å². The molecule has 0 aliphatic heterocycles. The van der Waals surface area contributed by atoms with Gasteiger partial charge in [0.1, 0.15) is 6.54 Å². The molecular weight excluding hydrogens is 234 g/mol. The number of benzene rings is 1. The van der Waals surface area contributed by atoms with E-state index >= 15 is 0 Å². The van der Waals surface area contributed by atoms with Gasteiger partial charge in [0.05, 0.1) is 0 Å². The number of hydrogen-bond acceptors (Lipinski definition) is 4. The first-order chi connectivity index (χ1) is 8.08. The maximum atomic E-state index is 13.0. The van der Waals surface area contributed by atoms with E-state index in [2.05, 4.69) is 15.5 Å². The highest BCUT2D eigenvalue weighted by Crippen LogP contribution is 2.18. The number of carbonyl (C=O) groups is 1. The quantitative estimate of drug-likeness (QED) is 0.854. The van der Waals surface area contributed by atoms with Crippen molar-refractivity contribution >= 4 is 5.97 Å². The number of halogens is 2. The van der Waals surface area contributed by atoms with Crippen molar-refractivity contribution in [2.45, 2.75) is 6.54 Å². The first-order valence-corrected chi connectivity index (χ1v) is 4.51. The van der Waals surface area contributed by atoms with Gasteiger partial charge in [-0.2, -0.15) is 0 Å². The van der Waals surface area contributed by atoms with Gasteiger partial charge in [-0.3, -0.25) is 4.79 Å². The Morgan fingerprint density at radius 2 is 2.12 bits per heavy atom. The van der Waals surface area contributed by atoms with E-state index in [9.17, 15) is 13.6 Å². The van der Waals surface area contributed by atoms with Crippen LogP contribution < -0.4 is 0 Å². The number of rotatable bonds is 3. The van der Waals surface area contributed by atoms with Crippen molar-refractivity contribution in [1.29, 1.82) is 0 Å². The van der Waals surface area contributed by atoms with Crippen molar-refractivity contribution in [3.8, 4) is 11.4 Å². The van der Waals surface area contributed by atoms with Crippen molar-refractivity contribution in [2.24, 2.45) is 0 Å². The zero-order valence-electron chi connectivity index (χ0n) is 8.34. The van der Waals surface area contributed by atoms with Crippen LogP contribution in [0.25, 0.3) is 11.4 Å². The fourth-order valence-corrected chi connectivity index (χ4v) is 1.28. The van der Waals surface area contributed by atoms with E-state index in [0.717, 1.165) is 16.8 Å². The maximum Gasteiger partial charge on any atom is 0.325 e. The second-order valence-corrected chi connectivity index (χ2v) is 3.18. The molecule has 0 unspecified atom stereocenters. The van der Waals surface area contributed by atoms with Gasteiger partial charge in [0.2, 0.25) is 0 Å². The molecule has 0 atom stereocenters. The summed E-state index contributed by atoms with van der Waals surface area (Å²) in [4.78, 5) is 10.5. The lowest BCUT2D eigenvalue weighted by atomic mass is 10.2. The van der Waals surface area contributed by atoms with Crippen LogP contribution in [0.4, 0.5) is 8.78 Å². The van der Waals surface area contributed by atoms with E-state index in [-0.39, 0.29) is 11.4 Å². The van der Waals surface area contributed by atoms with Crippen LogP contribution in [-0.2, 0) is 11.3 Å². The fraction of sp³-hybridized carbons (Fsp3) is 0.111. The fourth-order valence-electron chi connectivity index (χ4n) is 1.28. The molecule has 1 aromatic heterocycles. The monoisotopic (exact) mass is 240 g/mol. The van der Waals surface area contributed by atoms with E-state index in [4.69, 9.17) is 5.11 Å². The van der Waals surface area contributed by atoms with E-state index in [1.165, 1.54) is 6.07 Å². The Morgan fingerprint density at radius 1 is 1.35 bits per heavy atom. The molecule has 2 aromatic rings. The minimum atomic E-state index is -1.14. The Hall–Kier alpha value is -2.38. The van der Waals surface area contributed by atoms with Gasteiger partial charge in [0, 0.05) is 5.56 Å². The summed E-state index contributed by atoms with van der Waals surface area (Å²) in [6.45, 7) is -0.457. The second kappa shape index (κ2) is 4.24. The van der Waals surface area contributed by atoms with Gasteiger partial charge in [0.25, 0.3) is 0 Å². The molecule has 0 aliphatic rings. The first-order valence-electron chi connectivity index (χ1n) is 4.51. The standard InChI is InChI=1S/C9H6F2N4O2/c10-6-2-1-5(3-7(6)11)9-12-13-14-15(9)4-8(16)17/h1-3H,4H2,(H,16,17). The van der Waals surface area contributed by atoms with E-state index < -0.39 is 24.1 Å². The number of hydrogen-bond donors (Lipinski definition) is 1. The van der Waals surface area contributed by atoms with E-state index in [1.54, 1.807) is 0 Å². The highest BCUT2D eigenvalue weighted by atomic mass is 19.2. The minimum Gasteiger partial charge on any atom is -0.480 e. The molecule has 6 nitrogen and oxygen atoms in total. The molecule has 88 valence electrons. The summed E-state index contributed by atoms with van der Waals surface area (Å²) in [6, 6.07) is 3.09. The van der Waals surface area contributed by atoms with Crippen molar-refractivity contribution in [2.75, 3.05) is 0 Å². The molecule has 2 rings (SSSR count). The molecule has 0 spiro atoms. The molecule has 1 aromatic carbocycles. The van der Waals surface area contributed by atoms with Gasteiger partial charge >= 0.3 is 5.97 Å². The van der Waals surface area contributed by atoms with Gasteiger partial charge in [0.15, 0.2) is 17.5 Å². The van der Waals surface area contributed by atoms with Crippen LogP contribution in [0.2, 0.25) is 0 Å². The molecule has 0 amide bonds. The average molecular weight is 240 g/mol. The summed E-state index contributed by atoms with van der Waals surface area (Å²) in [5.41, 5.74) is 0.204. The Bertz CT molecular complexity index is 570. The van der Waals surface area contributed by atoms with Crippen LogP contribution in [0.1, 0.15) is 0 Å². The molecule has 0 saturated carbocycles. The first kappa shape index (κ1) is 11.1. The van der Waals surface area contributed by atoms with Crippen LogP contribution in [0, 0.1) is 11.6 Å². The Balaban J connectivity index is 2.42. The summed E-state index contributed by atoms with van der Waals surface area (Å²) in [5.74, 6) is -3.12. The molecule has 1 heterocycles. The molecular formula is C9H6F2N4O2. The molecule has 1 N–H and O–H groups in total. The number of aliphatic carboxylic acids is 1. The zero-order chi connectivity index (χ0) is 12.4. The molecule has 0 saturated heterocycles. The van der Waals surface area contributed by atoms with E-state index in [0.29, 0.717) is 0 Å². The maximum absolute atomic E-state index is 13.0. The third kappa shape index (κ3) is 2.25. The Labute approximate surface area is 93.5 Å². The predicted molar refractivity (Wildman–Crippen MR) is 50.8 cm³/mol. The molecule has 17 heavy (non-hydrogen) atoms. The van der Waals surface area contributed by atoms with Crippen molar-refractivity contribution in [3.05, 3.63) is 29.8 Å². The number of tetrazole rings is 1. The van der Waals surface area contributed by atoms with E-state index in [1.807, 2.05) is 0 Å². The number of nitrogens with zero attached hydrogens (tertiary/aromatic N) is 4. The lowest BCUT2D eigenvalue weighted by molar-refractivity contribution is -0.137. The Morgan fingerprint density at radius 3 is 2.76 bits per heavy atom. The molecule has 0 fully saturated rings. The number of carboxylic acid groups (broad SMARTS) is 1. The van der Waals surface area contributed by atoms with Crippen molar-refractivity contribution in [1.82, 2.24) is 20.2 Å².